The van der Waals surface area contributed by atoms with E-state index in [4.69, 9.17) is 0 Å². The molecule has 1 aromatic carbocycles. The summed E-state index contributed by atoms with van der Waals surface area (Å²) in [6, 6.07) is 7.89. The summed E-state index contributed by atoms with van der Waals surface area (Å²) < 4.78 is 0. The Morgan fingerprint density at radius 2 is 2.19 bits per heavy atom. The Kier molecular flexibility index (Phi) is 4.31. The minimum atomic E-state index is 0.0830. The molecule has 1 atom stereocenters. The molecule has 1 aliphatic rings. The molecule has 4 nitrogen and oxygen atoms in total. The first-order chi connectivity index (χ1) is 10.2. The van der Waals surface area contributed by atoms with E-state index in [-0.39, 0.29) is 11.8 Å². The zero-order valence-electron chi connectivity index (χ0n) is 12.1. The number of nitrogens with one attached hydrogen (secondary N) is 2. The molecule has 1 amide bonds. The third-order valence-electron chi connectivity index (χ3n) is 3.73. The third kappa shape index (κ3) is 3.49. The van der Waals surface area contributed by atoms with Crippen LogP contribution < -0.4 is 10.6 Å². The summed E-state index contributed by atoms with van der Waals surface area (Å²) in [6.45, 7) is 3.80. The molecular weight excluding hydrogens is 282 g/mol. The highest BCUT2D eigenvalue weighted by Gasteiger charge is 2.20. The Balaban J connectivity index is 1.65. The highest BCUT2D eigenvalue weighted by atomic mass is 32.1. The third-order valence-corrected chi connectivity index (χ3v) is 4.51. The lowest BCUT2D eigenvalue weighted by molar-refractivity contribution is -0.120. The fraction of sp³-hybridized carbons (Fsp3) is 0.375. The minimum Gasteiger partial charge on any atom is -0.326 e. The van der Waals surface area contributed by atoms with E-state index >= 15 is 0 Å². The Hall–Kier alpha value is -1.72. The van der Waals surface area contributed by atoms with Gasteiger partial charge in [-0.05, 0) is 38.4 Å². The molecule has 0 radical (unpaired) electrons. The van der Waals surface area contributed by atoms with Crippen molar-refractivity contribution in [3.8, 4) is 11.3 Å². The van der Waals surface area contributed by atoms with Gasteiger partial charge >= 0.3 is 0 Å². The van der Waals surface area contributed by atoms with Gasteiger partial charge in [0.05, 0.1) is 16.6 Å². The molecule has 2 N–H and O–H groups in total. The molecule has 1 fully saturated rings. The molecule has 1 unspecified atom stereocenters. The van der Waals surface area contributed by atoms with Crippen LogP contribution in [0.3, 0.4) is 0 Å². The SMILES string of the molecule is Cc1nc(-c2ccc(NC(=O)C3CCCNC3)cc2)cs1. The molecular formula is C16H19N3OS. The molecule has 0 spiro atoms. The van der Waals surface area contributed by atoms with Crippen LogP contribution in [-0.2, 0) is 4.79 Å². The van der Waals surface area contributed by atoms with Crippen LogP contribution in [0.25, 0.3) is 11.3 Å². The van der Waals surface area contributed by atoms with Crippen molar-refractivity contribution in [2.24, 2.45) is 5.92 Å². The van der Waals surface area contributed by atoms with Gasteiger partial charge in [-0.3, -0.25) is 4.79 Å². The van der Waals surface area contributed by atoms with E-state index < -0.39 is 0 Å². The van der Waals surface area contributed by atoms with Crippen LogP contribution in [0.2, 0.25) is 0 Å². The van der Waals surface area contributed by atoms with Crippen LogP contribution in [0.1, 0.15) is 17.8 Å². The number of hydrogen-bond donors (Lipinski definition) is 2. The standard InChI is InChI=1S/C16H19N3OS/c1-11-18-15(10-21-11)12-4-6-14(7-5-12)19-16(20)13-3-2-8-17-9-13/h4-7,10,13,17H,2-3,8-9H2,1H3,(H,19,20). The lowest BCUT2D eigenvalue weighted by atomic mass is 9.99. The van der Waals surface area contributed by atoms with Gasteiger partial charge in [0.2, 0.25) is 5.91 Å². The summed E-state index contributed by atoms with van der Waals surface area (Å²) in [7, 11) is 0. The van der Waals surface area contributed by atoms with Gasteiger partial charge in [-0.2, -0.15) is 0 Å². The number of carbonyl (C=O) groups excluding carboxylic acids is 1. The number of carbonyl (C=O) groups is 1. The van der Waals surface area contributed by atoms with Gasteiger partial charge in [0.1, 0.15) is 0 Å². The van der Waals surface area contributed by atoms with E-state index in [0.717, 1.165) is 47.9 Å². The number of piperidine rings is 1. The van der Waals surface area contributed by atoms with Crippen molar-refractivity contribution in [2.75, 3.05) is 18.4 Å². The van der Waals surface area contributed by atoms with Crippen molar-refractivity contribution in [1.82, 2.24) is 10.3 Å². The smallest absolute Gasteiger partial charge is 0.228 e. The monoisotopic (exact) mass is 301 g/mol. The number of hydrogen-bond acceptors (Lipinski definition) is 4. The fourth-order valence-electron chi connectivity index (χ4n) is 2.54. The van der Waals surface area contributed by atoms with Crippen molar-refractivity contribution in [3.63, 3.8) is 0 Å². The van der Waals surface area contributed by atoms with E-state index in [0.29, 0.717) is 0 Å². The average Bonchev–Trinajstić information content (AvgIpc) is 2.95. The molecule has 2 heterocycles. The van der Waals surface area contributed by atoms with Crippen LogP contribution in [0, 0.1) is 12.8 Å². The zero-order chi connectivity index (χ0) is 14.7. The van der Waals surface area contributed by atoms with Crippen molar-refractivity contribution in [2.45, 2.75) is 19.8 Å². The van der Waals surface area contributed by atoms with Crippen LogP contribution in [0.15, 0.2) is 29.6 Å². The number of benzene rings is 1. The maximum absolute atomic E-state index is 12.2. The lowest BCUT2D eigenvalue weighted by Crippen LogP contribution is -2.37. The molecule has 1 aliphatic heterocycles. The normalized spacial score (nSPS) is 18.4. The Morgan fingerprint density at radius 1 is 1.38 bits per heavy atom. The number of aryl methyl sites for hydroxylation is 1. The van der Waals surface area contributed by atoms with E-state index in [9.17, 15) is 4.79 Å². The van der Waals surface area contributed by atoms with Crippen LogP contribution in [-0.4, -0.2) is 24.0 Å². The second-order valence-corrected chi connectivity index (χ2v) is 6.42. The van der Waals surface area contributed by atoms with Crippen LogP contribution in [0.5, 0.6) is 0 Å². The zero-order valence-corrected chi connectivity index (χ0v) is 12.9. The molecule has 1 saturated heterocycles. The van der Waals surface area contributed by atoms with Crippen LogP contribution >= 0.6 is 11.3 Å². The quantitative estimate of drug-likeness (QED) is 0.916. The summed E-state index contributed by atoms with van der Waals surface area (Å²) in [6.07, 6.45) is 2.04. The first-order valence-electron chi connectivity index (χ1n) is 7.26. The van der Waals surface area contributed by atoms with Gasteiger partial charge in [0.15, 0.2) is 0 Å². The second kappa shape index (κ2) is 6.37. The summed E-state index contributed by atoms with van der Waals surface area (Å²) in [4.78, 5) is 16.6. The Labute approximate surface area is 128 Å². The molecule has 3 rings (SSSR count). The van der Waals surface area contributed by atoms with Crippen molar-refractivity contribution >= 4 is 22.9 Å². The molecule has 0 aliphatic carbocycles. The van der Waals surface area contributed by atoms with E-state index in [1.54, 1.807) is 11.3 Å². The molecule has 21 heavy (non-hydrogen) atoms. The maximum Gasteiger partial charge on any atom is 0.228 e. The minimum absolute atomic E-state index is 0.0830. The maximum atomic E-state index is 12.2. The first-order valence-corrected chi connectivity index (χ1v) is 8.14. The van der Waals surface area contributed by atoms with Gasteiger partial charge < -0.3 is 10.6 Å². The molecule has 0 saturated carbocycles. The highest BCUT2D eigenvalue weighted by molar-refractivity contribution is 7.09. The predicted octanol–water partition coefficient (Wildman–Crippen LogP) is 3.06. The van der Waals surface area contributed by atoms with Crippen molar-refractivity contribution < 1.29 is 4.79 Å². The Bertz CT molecular complexity index is 615. The fourth-order valence-corrected chi connectivity index (χ4v) is 3.16. The molecule has 2 aromatic rings. The van der Waals surface area contributed by atoms with Gasteiger partial charge in [-0.1, -0.05) is 12.1 Å². The van der Waals surface area contributed by atoms with E-state index in [1.165, 1.54) is 0 Å². The van der Waals surface area contributed by atoms with E-state index in [2.05, 4.69) is 21.0 Å². The molecule has 1 aromatic heterocycles. The second-order valence-electron chi connectivity index (χ2n) is 5.36. The molecule has 0 bridgehead atoms. The summed E-state index contributed by atoms with van der Waals surface area (Å²) in [5, 5.41) is 9.38. The van der Waals surface area contributed by atoms with Gasteiger partial charge in [-0.25, -0.2) is 4.98 Å². The Morgan fingerprint density at radius 3 is 2.81 bits per heavy atom. The number of anilines is 1. The van der Waals surface area contributed by atoms with Crippen molar-refractivity contribution in [3.05, 3.63) is 34.7 Å². The average molecular weight is 301 g/mol. The predicted molar refractivity (Wildman–Crippen MR) is 86.5 cm³/mol. The van der Waals surface area contributed by atoms with Gasteiger partial charge in [0, 0.05) is 23.2 Å². The molecule has 5 heteroatoms. The molecule has 110 valence electrons. The number of rotatable bonds is 3. The number of aromatic nitrogens is 1. The number of nitrogens with zero attached hydrogens (tertiary/aromatic N) is 1. The summed E-state index contributed by atoms with van der Waals surface area (Å²) in [5.41, 5.74) is 2.92. The van der Waals surface area contributed by atoms with Gasteiger partial charge in [-0.15, -0.1) is 11.3 Å². The largest absolute Gasteiger partial charge is 0.326 e. The van der Waals surface area contributed by atoms with Gasteiger partial charge in [0.25, 0.3) is 0 Å². The summed E-state index contributed by atoms with van der Waals surface area (Å²) >= 11 is 1.65. The topological polar surface area (TPSA) is 54.0 Å². The van der Waals surface area contributed by atoms with Crippen molar-refractivity contribution in [1.29, 1.82) is 0 Å². The summed E-state index contributed by atoms with van der Waals surface area (Å²) in [5.74, 6) is 0.194. The number of amides is 1. The van der Waals surface area contributed by atoms with Crippen LogP contribution in [0.4, 0.5) is 5.69 Å². The van der Waals surface area contributed by atoms with E-state index in [1.807, 2.05) is 31.2 Å². The highest BCUT2D eigenvalue weighted by Crippen LogP contribution is 2.23. The lowest BCUT2D eigenvalue weighted by Gasteiger charge is -2.21. The first kappa shape index (κ1) is 14.2. The number of thiazole rings is 1.